The van der Waals surface area contributed by atoms with Gasteiger partial charge in [-0.05, 0) is 25.1 Å². The van der Waals surface area contributed by atoms with E-state index in [0.29, 0.717) is 28.9 Å². The van der Waals surface area contributed by atoms with E-state index in [1.165, 1.54) is 0 Å². The van der Waals surface area contributed by atoms with Crippen LogP contribution in [0.1, 0.15) is 18.9 Å². The third kappa shape index (κ3) is 4.66. The van der Waals surface area contributed by atoms with E-state index < -0.39 is 6.09 Å². The molecule has 0 radical (unpaired) electrons. The molecule has 5 nitrogen and oxygen atoms in total. The molecular weight excluding hydrogens is 315 g/mol. The van der Waals surface area contributed by atoms with E-state index >= 15 is 0 Å². The smallest absolute Gasteiger partial charge is 0.407 e. The molecule has 1 amide bonds. The van der Waals surface area contributed by atoms with Crippen LogP contribution in [0, 0.1) is 0 Å². The van der Waals surface area contributed by atoms with Crippen LogP contribution in [0.15, 0.2) is 12.1 Å². The van der Waals surface area contributed by atoms with E-state index in [0.717, 1.165) is 18.5 Å². The van der Waals surface area contributed by atoms with Gasteiger partial charge in [0.05, 0.1) is 11.6 Å². The first-order valence-corrected chi connectivity index (χ1v) is 7.61. The van der Waals surface area contributed by atoms with Gasteiger partial charge >= 0.3 is 6.09 Å². The Hall–Kier alpha value is -1.17. The van der Waals surface area contributed by atoms with Crippen LogP contribution >= 0.6 is 23.2 Å². The molecule has 7 heteroatoms. The second kappa shape index (κ2) is 7.73. The fourth-order valence-electron chi connectivity index (χ4n) is 2.01. The molecule has 1 fully saturated rings. The lowest BCUT2D eigenvalue weighted by molar-refractivity contribution is 0.104. The average Bonchev–Trinajstić information content (AvgIpc) is 2.83. The van der Waals surface area contributed by atoms with Crippen LogP contribution in [0.25, 0.3) is 0 Å². The summed E-state index contributed by atoms with van der Waals surface area (Å²) in [5.74, 6) is 0.576. The van der Waals surface area contributed by atoms with Gasteiger partial charge in [-0.1, -0.05) is 30.1 Å². The van der Waals surface area contributed by atoms with Crippen LogP contribution in [-0.4, -0.2) is 31.9 Å². The summed E-state index contributed by atoms with van der Waals surface area (Å²) < 4.78 is 10.8. The van der Waals surface area contributed by atoms with Crippen LogP contribution in [0.3, 0.4) is 0 Å². The monoisotopic (exact) mass is 332 g/mol. The SMILES string of the molecule is CCCNCc1cc(Cl)cc(Cl)c1OCC1CNC(=O)O1. The Labute approximate surface area is 133 Å². The number of amides is 1. The summed E-state index contributed by atoms with van der Waals surface area (Å²) >= 11 is 12.2. The second-order valence-corrected chi connectivity index (χ2v) is 5.62. The fraction of sp³-hybridized carbons (Fsp3) is 0.500. The lowest BCUT2D eigenvalue weighted by atomic mass is 10.2. The van der Waals surface area contributed by atoms with E-state index in [9.17, 15) is 4.79 Å². The predicted molar refractivity (Wildman–Crippen MR) is 82.2 cm³/mol. The predicted octanol–water partition coefficient (Wildman–Crippen LogP) is 2.98. The molecule has 1 aliphatic heterocycles. The zero-order valence-corrected chi connectivity index (χ0v) is 13.3. The normalized spacial score (nSPS) is 17.5. The zero-order chi connectivity index (χ0) is 15.2. The first-order chi connectivity index (χ1) is 10.1. The number of hydrogen-bond donors (Lipinski definition) is 2. The summed E-state index contributed by atoms with van der Waals surface area (Å²) in [5.41, 5.74) is 0.887. The highest BCUT2D eigenvalue weighted by molar-refractivity contribution is 6.35. The van der Waals surface area contributed by atoms with Crippen LogP contribution in [0.2, 0.25) is 10.0 Å². The molecule has 1 heterocycles. The van der Waals surface area contributed by atoms with Gasteiger partial charge < -0.3 is 20.1 Å². The Morgan fingerprint density at radius 3 is 2.95 bits per heavy atom. The quantitative estimate of drug-likeness (QED) is 0.753. The molecule has 1 atom stereocenters. The Morgan fingerprint density at radius 1 is 1.48 bits per heavy atom. The Morgan fingerprint density at radius 2 is 2.29 bits per heavy atom. The van der Waals surface area contributed by atoms with E-state index in [4.69, 9.17) is 32.7 Å². The number of benzene rings is 1. The van der Waals surface area contributed by atoms with Gasteiger partial charge in [0.25, 0.3) is 0 Å². The van der Waals surface area contributed by atoms with Gasteiger partial charge in [0.1, 0.15) is 12.4 Å². The standard InChI is InChI=1S/C14H18Cl2N2O3/c1-2-3-17-6-9-4-10(15)5-12(16)13(9)20-8-11-7-18-14(19)21-11/h4-5,11,17H,2-3,6-8H2,1H3,(H,18,19). The molecule has 2 rings (SSSR count). The van der Waals surface area contributed by atoms with Crippen molar-refractivity contribution in [3.8, 4) is 5.75 Å². The lowest BCUT2D eigenvalue weighted by Gasteiger charge is -2.16. The number of rotatable bonds is 7. The maximum atomic E-state index is 11.0. The van der Waals surface area contributed by atoms with E-state index in [1.807, 2.05) is 6.07 Å². The highest BCUT2D eigenvalue weighted by Crippen LogP contribution is 2.32. The van der Waals surface area contributed by atoms with E-state index in [1.54, 1.807) is 6.07 Å². The molecule has 21 heavy (non-hydrogen) atoms. The molecule has 116 valence electrons. The summed E-state index contributed by atoms with van der Waals surface area (Å²) in [6.07, 6.45) is 0.310. The van der Waals surface area contributed by atoms with Crippen molar-refractivity contribution in [1.29, 1.82) is 0 Å². The highest BCUT2D eigenvalue weighted by atomic mass is 35.5. The largest absolute Gasteiger partial charge is 0.488 e. The molecule has 1 unspecified atom stereocenters. The maximum absolute atomic E-state index is 11.0. The molecule has 1 saturated heterocycles. The second-order valence-electron chi connectivity index (χ2n) is 4.77. The van der Waals surface area contributed by atoms with Crippen molar-refractivity contribution < 1.29 is 14.3 Å². The number of halogens is 2. The first-order valence-electron chi connectivity index (χ1n) is 6.86. The Balaban J connectivity index is 2.03. The third-order valence-corrected chi connectivity index (χ3v) is 3.49. The maximum Gasteiger partial charge on any atom is 0.407 e. The lowest BCUT2D eigenvalue weighted by Crippen LogP contribution is -2.23. The van der Waals surface area contributed by atoms with Crippen LogP contribution in [0.4, 0.5) is 4.79 Å². The van der Waals surface area contributed by atoms with Gasteiger partial charge in [-0.3, -0.25) is 0 Å². The summed E-state index contributed by atoms with van der Waals surface area (Å²) in [5, 5.41) is 6.88. The van der Waals surface area contributed by atoms with Gasteiger partial charge in [-0.15, -0.1) is 0 Å². The minimum absolute atomic E-state index is 0.251. The van der Waals surface area contributed by atoms with Crippen LogP contribution < -0.4 is 15.4 Å². The minimum atomic E-state index is -0.421. The minimum Gasteiger partial charge on any atom is -0.488 e. The van der Waals surface area contributed by atoms with Gasteiger partial charge in [0, 0.05) is 17.1 Å². The molecule has 1 aliphatic rings. The topological polar surface area (TPSA) is 59.6 Å². The highest BCUT2D eigenvalue weighted by Gasteiger charge is 2.23. The van der Waals surface area contributed by atoms with Gasteiger partial charge in [0.2, 0.25) is 0 Å². The number of carbonyl (C=O) groups is 1. The van der Waals surface area contributed by atoms with Crippen molar-refractivity contribution in [2.75, 3.05) is 19.7 Å². The summed E-state index contributed by atoms with van der Waals surface area (Å²) in [7, 11) is 0. The van der Waals surface area contributed by atoms with E-state index in [2.05, 4.69) is 17.6 Å². The number of ether oxygens (including phenoxy) is 2. The van der Waals surface area contributed by atoms with Crippen molar-refractivity contribution in [2.45, 2.75) is 26.0 Å². The number of hydrogen-bond acceptors (Lipinski definition) is 4. The van der Waals surface area contributed by atoms with Crippen molar-refractivity contribution in [3.63, 3.8) is 0 Å². The average molecular weight is 333 g/mol. The molecule has 0 aliphatic carbocycles. The molecule has 0 saturated carbocycles. The fourth-order valence-corrected chi connectivity index (χ4v) is 2.60. The van der Waals surface area contributed by atoms with E-state index in [-0.39, 0.29) is 12.7 Å². The molecular formula is C14H18Cl2N2O3. The van der Waals surface area contributed by atoms with Crippen molar-refractivity contribution >= 4 is 29.3 Å². The van der Waals surface area contributed by atoms with Crippen molar-refractivity contribution in [2.24, 2.45) is 0 Å². The molecule has 0 bridgehead atoms. The molecule has 2 N–H and O–H groups in total. The number of cyclic esters (lactones) is 1. The number of alkyl carbamates (subject to hydrolysis) is 1. The molecule has 1 aromatic carbocycles. The number of nitrogens with one attached hydrogen (secondary N) is 2. The molecule has 0 spiro atoms. The summed E-state index contributed by atoms with van der Waals surface area (Å²) in [6.45, 7) is 4.30. The van der Waals surface area contributed by atoms with Crippen molar-refractivity contribution in [1.82, 2.24) is 10.6 Å². The first kappa shape index (κ1) is 16.2. The van der Waals surface area contributed by atoms with Crippen molar-refractivity contribution in [3.05, 3.63) is 27.7 Å². The number of carbonyl (C=O) groups excluding carboxylic acids is 1. The van der Waals surface area contributed by atoms with Crippen LogP contribution in [-0.2, 0) is 11.3 Å². The van der Waals surface area contributed by atoms with Gasteiger partial charge in [-0.25, -0.2) is 4.79 Å². The Kier molecular flexibility index (Phi) is 5.96. The zero-order valence-electron chi connectivity index (χ0n) is 11.7. The summed E-state index contributed by atoms with van der Waals surface area (Å²) in [6, 6.07) is 3.46. The Bertz CT molecular complexity index is 511. The van der Waals surface area contributed by atoms with Gasteiger partial charge in [-0.2, -0.15) is 0 Å². The third-order valence-electron chi connectivity index (χ3n) is 2.99. The van der Waals surface area contributed by atoms with Gasteiger partial charge in [0.15, 0.2) is 6.10 Å². The summed E-state index contributed by atoms with van der Waals surface area (Å²) in [4.78, 5) is 11.0. The molecule has 0 aromatic heterocycles. The molecule has 1 aromatic rings. The van der Waals surface area contributed by atoms with Crippen LogP contribution in [0.5, 0.6) is 5.75 Å².